The highest BCUT2D eigenvalue weighted by atomic mass is 32.2. The Bertz CT molecular complexity index is 949. The van der Waals surface area contributed by atoms with E-state index in [1.54, 1.807) is 18.2 Å². The molecule has 1 aromatic carbocycles. The summed E-state index contributed by atoms with van der Waals surface area (Å²) in [6.07, 6.45) is 6.59. The fraction of sp³-hybridized carbons (Fsp3) is 0.333. The first-order chi connectivity index (χ1) is 13.1. The lowest BCUT2D eigenvalue weighted by molar-refractivity contribution is -0.124. The maximum absolute atomic E-state index is 13.1. The average molecular weight is 400 g/mol. The van der Waals surface area contributed by atoms with Gasteiger partial charge in [-0.15, -0.1) is 0 Å². The number of benzene rings is 1. The van der Waals surface area contributed by atoms with Crippen molar-refractivity contribution in [2.75, 3.05) is 0 Å². The van der Waals surface area contributed by atoms with Crippen LogP contribution in [0.1, 0.15) is 31.4 Å². The number of thioether (sulfide) groups is 1. The third-order valence-electron chi connectivity index (χ3n) is 5.88. The summed E-state index contributed by atoms with van der Waals surface area (Å²) in [7, 11) is 0. The number of hydrogen-bond donors (Lipinski definition) is 0. The van der Waals surface area contributed by atoms with Gasteiger partial charge in [-0.2, -0.15) is 0 Å². The molecule has 138 valence electrons. The van der Waals surface area contributed by atoms with E-state index in [-0.39, 0.29) is 17.8 Å². The molecule has 1 aromatic heterocycles. The van der Waals surface area contributed by atoms with Crippen molar-refractivity contribution >= 4 is 40.3 Å². The summed E-state index contributed by atoms with van der Waals surface area (Å²) >= 11 is 6.88. The van der Waals surface area contributed by atoms with Gasteiger partial charge in [-0.25, -0.2) is 4.39 Å². The number of nitrogens with zero attached hydrogens (tertiary/aromatic N) is 1. The van der Waals surface area contributed by atoms with Gasteiger partial charge in [-0.05, 0) is 67.5 Å². The minimum Gasteiger partial charge on any atom is -0.457 e. The molecule has 1 amide bonds. The van der Waals surface area contributed by atoms with Gasteiger partial charge in [-0.3, -0.25) is 9.69 Å². The topological polar surface area (TPSA) is 33.5 Å². The highest BCUT2D eigenvalue weighted by Gasteiger charge is 2.47. The van der Waals surface area contributed by atoms with Crippen molar-refractivity contribution in [3.63, 3.8) is 0 Å². The zero-order valence-electron chi connectivity index (χ0n) is 14.6. The number of fused-ring (bicyclic) bond motifs is 2. The van der Waals surface area contributed by atoms with E-state index in [9.17, 15) is 9.18 Å². The van der Waals surface area contributed by atoms with Crippen LogP contribution in [0.4, 0.5) is 4.39 Å². The molecule has 27 heavy (non-hydrogen) atoms. The lowest BCUT2D eigenvalue weighted by Crippen LogP contribution is -2.41. The number of carbonyl (C=O) groups is 1. The predicted molar refractivity (Wildman–Crippen MR) is 108 cm³/mol. The first-order valence-electron chi connectivity index (χ1n) is 9.21. The van der Waals surface area contributed by atoms with Crippen molar-refractivity contribution in [3.8, 4) is 11.3 Å². The maximum Gasteiger partial charge on any atom is 0.266 e. The molecule has 3 aliphatic rings. The van der Waals surface area contributed by atoms with Crippen LogP contribution < -0.4 is 0 Å². The Labute approximate surface area is 166 Å². The van der Waals surface area contributed by atoms with Gasteiger partial charge in [0.2, 0.25) is 0 Å². The SMILES string of the molecule is O=C1/C(=C\c2ccc(-c3ccc(F)cc3)o2)SC(=S)N1C1CC2CCC1C2. The van der Waals surface area contributed by atoms with E-state index in [4.69, 9.17) is 16.6 Å². The van der Waals surface area contributed by atoms with E-state index >= 15 is 0 Å². The Morgan fingerprint density at radius 1 is 1.15 bits per heavy atom. The molecule has 0 spiro atoms. The van der Waals surface area contributed by atoms with Crippen molar-refractivity contribution in [3.05, 3.63) is 52.9 Å². The van der Waals surface area contributed by atoms with Crippen LogP contribution >= 0.6 is 24.0 Å². The van der Waals surface area contributed by atoms with E-state index in [1.807, 2.05) is 17.0 Å². The molecule has 2 saturated carbocycles. The zero-order valence-corrected chi connectivity index (χ0v) is 16.2. The monoisotopic (exact) mass is 399 g/mol. The lowest BCUT2D eigenvalue weighted by Gasteiger charge is -2.30. The van der Waals surface area contributed by atoms with Crippen LogP contribution in [-0.2, 0) is 4.79 Å². The number of hydrogen-bond acceptors (Lipinski definition) is 4. The molecule has 3 nitrogen and oxygen atoms in total. The fourth-order valence-electron chi connectivity index (χ4n) is 4.62. The van der Waals surface area contributed by atoms with Crippen LogP contribution in [0.25, 0.3) is 17.4 Å². The molecule has 2 heterocycles. The maximum atomic E-state index is 13.1. The second-order valence-electron chi connectivity index (χ2n) is 7.50. The third-order valence-corrected chi connectivity index (χ3v) is 7.22. The molecule has 3 unspecified atom stereocenters. The molecular formula is C21H18FNO2S2. The van der Waals surface area contributed by atoms with Gasteiger partial charge in [0.25, 0.3) is 5.91 Å². The van der Waals surface area contributed by atoms with Crippen molar-refractivity contribution < 1.29 is 13.6 Å². The van der Waals surface area contributed by atoms with Gasteiger partial charge in [0.15, 0.2) is 0 Å². The van der Waals surface area contributed by atoms with Crippen molar-refractivity contribution in [1.82, 2.24) is 4.90 Å². The molecule has 3 fully saturated rings. The van der Waals surface area contributed by atoms with E-state index in [0.717, 1.165) is 17.9 Å². The van der Waals surface area contributed by atoms with Crippen molar-refractivity contribution in [1.29, 1.82) is 0 Å². The summed E-state index contributed by atoms with van der Waals surface area (Å²) < 4.78 is 19.6. The van der Waals surface area contributed by atoms with E-state index in [0.29, 0.717) is 26.7 Å². The number of rotatable bonds is 3. The minimum absolute atomic E-state index is 0.00211. The fourth-order valence-corrected chi connectivity index (χ4v) is 5.98. The molecule has 2 bridgehead atoms. The molecule has 2 aromatic rings. The molecule has 2 aliphatic carbocycles. The van der Waals surface area contributed by atoms with E-state index in [1.165, 1.54) is 43.2 Å². The molecule has 0 radical (unpaired) electrons. The van der Waals surface area contributed by atoms with Crippen LogP contribution in [0, 0.1) is 17.7 Å². The minimum atomic E-state index is -0.283. The summed E-state index contributed by atoms with van der Waals surface area (Å²) in [6, 6.07) is 10.1. The van der Waals surface area contributed by atoms with Gasteiger partial charge in [0.1, 0.15) is 21.7 Å². The van der Waals surface area contributed by atoms with Gasteiger partial charge < -0.3 is 4.42 Å². The summed E-state index contributed by atoms with van der Waals surface area (Å²) in [4.78, 5) is 15.4. The van der Waals surface area contributed by atoms with E-state index in [2.05, 4.69) is 0 Å². The summed E-state index contributed by atoms with van der Waals surface area (Å²) in [5, 5.41) is 0. The lowest BCUT2D eigenvalue weighted by atomic mass is 9.94. The van der Waals surface area contributed by atoms with Crippen LogP contribution in [0.5, 0.6) is 0 Å². The van der Waals surface area contributed by atoms with Crippen LogP contribution in [0.2, 0.25) is 0 Å². The molecule has 3 atom stereocenters. The smallest absolute Gasteiger partial charge is 0.266 e. The zero-order chi connectivity index (χ0) is 18.5. The number of halogens is 1. The quantitative estimate of drug-likeness (QED) is 0.506. The third kappa shape index (κ3) is 3.05. The van der Waals surface area contributed by atoms with Crippen molar-refractivity contribution in [2.45, 2.75) is 31.7 Å². The molecule has 1 aliphatic heterocycles. The molecule has 5 rings (SSSR count). The summed E-state index contributed by atoms with van der Waals surface area (Å²) in [5.74, 6) is 2.33. The van der Waals surface area contributed by atoms with Crippen molar-refractivity contribution in [2.24, 2.45) is 11.8 Å². The highest BCUT2D eigenvalue weighted by molar-refractivity contribution is 8.26. The summed E-state index contributed by atoms with van der Waals surface area (Å²) in [6.45, 7) is 0. The second-order valence-corrected chi connectivity index (χ2v) is 9.18. The van der Waals surface area contributed by atoms with Gasteiger partial charge in [0.05, 0.1) is 4.91 Å². The first kappa shape index (κ1) is 17.2. The Hall–Kier alpha value is -1.92. The molecule has 0 N–H and O–H groups in total. The first-order valence-corrected chi connectivity index (χ1v) is 10.4. The molecule has 1 saturated heterocycles. The number of furan rings is 1. The second kappa shape index (κ2) is 6.60. The van der Waals surface area contributed by atoms with Gasteiger partial charge in [-0.1, -0.05) is 30.4 Å². The standard InChI is InChI=1S/C21H18FNO2S2/c22-15-5-3-13(4-6-15)18-8-7-16(25-18)11-19-20(24)23(21(26)27-19)17-10-12-1-2-14(17)9-12/h3-8,11-12,14,17H,1-2,9-10H2/b19-11+. The van der Waals surface area contributed by atoms with Crippen LogP contribution in [-0.4, -0.2) is 21.2 Å². The molecular weight excluding hydrogens is 381 g/mol. The number of thiocarbonyl (C=S) groups is 1. The number of amides is 1. The number of carbonyl (C=O) groups excluding carboxylic acids is 1. The Morgan fingerprint density at radius 2 is 1.96 bits per heavy atom. The average Bonchev–Trinajstić information content (AvgIpc) is 3.42. The molecule has 6 heteroatoms. The Balaban J connectivity index is 1.37. The summed E-state index contributed by atoms with van der Waals surface area (Å²) in [5.41, 5.74) is 0.797. The largest absolute Gasteiger partial charge is 0.457 e. The highest BCUT2D eigenvalue weighted by Crippen LogP contribution is 2.49. The van der Waals surface area contributed by atoms with Crippen LogP contribution in [0.3, 0.4) is 0 Å². The van der Waals surface area contributed by atoms with Gasteiger partial charge in [0, 0.05) is 17.7 Å². The van der Waals surface area contributed by atoms with E-state index < -0.39 is 0 Å². The normalized spacial score (nSPS) is 28.7. The Morgan fingerprint density at radius 3 is 2.67 bits per heavy atom. The van der Waals surface area contributed by atoms with Crippen LogP contribution in [0.15, 0.2) is 45.7 Å². The Kier molecular flexibility index (Phi) is 4.20. The van der Waals surface area contributed by atoms with Gasteiger partial charge >= 0.3 is 0 Å². The predicted octanol–water partition coefficient (Wildman–Crippen LogP) is 5.48.